The Bertz CT molecular complexity index is 1670. The second-order valence-electron chi connectivity index (χ2n) is 10.1. The Morgan fingerprint density at radius 2 is 1.73 bits per heavy atom. The molecule has 0 aliphatic rings. The summed E-state index contributed by atoms with van der Waals surface area (Å²) in [5.41, 5.74) is 0.0732. The number of nitro groups is 1. The number of amides is 2. The van der Waals surface area contributed by atoms with E-state index >= 15 is 0 Å². The maximum absolute atomic E-state index is 14.2. The van der Waals surface area contributed by atoms with Crippen LogP contribution in [0.2, 0.25) is 15.1 Å². The molecule has 11 nitrogen and oxygen atoms in total. The average Bonchev–Trinajstić information content (AvgIpc) is 2.99. The molecule has 0 spiro atoms. The Labute approximate surface area is 277 Å². The van der Waals surface area contributed by atoms with Gasteiger partial charge >= 0.3 is 0 Å². The van der Waals surface area contributed by atoms with Gasteiger partial charge in [0.25, 0.3) is 15.7 Å². The number of sulfonamides is 1. The predicted molar refractivity (Wildman–Crippen MR) is 175 cm³/mol. The van der Waals surface area contributed by atoms with Gasteiger partial charge in [0.2, 0.25) is 11.8 Å². The molecule has 0 fully saturated rings. The summed E-state index contributed by atoms with van der Waals surface area (Å²) >= 11 is 19.1. The molecule has 3 aromatic rings. The first kappa shape index (κ1) is 35.9. The van der Waals surface area contributed by atoms with Gasteiger partial charge in [0.05, 0.1) is 22.6 Å². The largest absolute Gasteiger partial charge is 0.495 e. The molecule has 3 rings (SSSR count). The lowest BCUT2D eigenvalue weighted by Gasteiger charge is -2.32. The Morgan fingerprint density at radius 1 is 1.07 bits per heavy atom. The molecule has 242 valence electrons. The number of halogens is 3. The van der Waals surface area contributed by atoms with Crippen molar-refractivity contribution in [1.82, 2.24) is 10.2 Å². The molecule has 15 heteroatoms. The number of benzene rings is 3. The molecule has 3 aromatic carbocycles. The van der Waals surface area contributed by atoms with E-state index in [9.17, 15) is 28.1 Å². The van der Waals surface area contributed by atoms with E-state index in [1.54, 1.807) is 18.2 Å². The summed E-state index contributed by atoms with van der Waals surface area (Å²) < 4.78 is 34.6. The number of anilines is 1. The van der Waals surface area contributed by atoms with Gasteiger partial charge in [-0.15, -0.1) is 0 Å². The van der Waals surface area contributed by atoms with Crippen molar-refractivity contribution >= 4 is 68.0 Å². The number of nitrogens with zero attached hydrogens (tertiary/aromatic N) is 3. The predicted octanol–water partition coefficient (Wildman–Crippen LogP) is 6.40. The van der Waals surface area contributed by atoms with Crippen LogP contribution in [0, 0.1) is 17.0 Å². The van der Waals surface area contributed by atoms with Gasteiger partial charge in [-0.3, -0.25) is 24.0 Å². The molecule has 2 amide bonds. The van der Waals surface area contributed by atoms with E-state index in [2.05, 4.69) is 5.32 Å². The number of nitro benzene ring substituents is 1. The van der Waals surface area contributed by atoms with Crippen molar-refractivity contribution in [2.24, 2.45) is 0 Å². The molecule has 45 heavy (non-hydrogen) atoms. The van der Waals surface area contributed by atoms with Gasteiger partial charge in [0, 0.05) is 45.4 Å². The van der Waals surface area contributed by atoms with Crippen LogP contribution in [-0.4, -0.2) is 56.3 Å². The van der Waals surface area contributed by atoms with Crippen molar-refractivity contribution in [3.8, 4) is 5.75 Å². The van der Waals surface area contributed by atoms with Crippen LogP contribution < -0.4 is 14.4 Å². The normalized spacial score (nSPS) is 11.9. The third-order valence-corrected chi connectivity index (χ3v) is 9.74. The van der Waals surface area contributed by atoms with Gasteiger partial charge in [-0.05, 0) is 56.7 Å². The molecule has 0 aromatic heterocycles. The first-order chi connectivity index (χ1) is 21.2. The zero-order chi connectivity index (χ0) is 33.5. The second kappa shape index (κ2) is 15.6. The van der Waals surface area contributed by atoms with Crippen molar-refractivity contribution in [1.29, 1.82) is 0 Å². The average molecular weight is 700 g/mol. The lowest BCUT2D eigenvalue weighted by Crippen LogP contribution is -2.51. The highest BCUT2D eigenvalue weighted by Crippen LogP contribution is 2.36. The van der Waals surface area contributed by atoms with Crippen LogP contribution in [0.5, 0.6) is 5.75 Å². The van der Waals surface area contributed by atoms with Crippen LogP contribution in [0.1, 0.15) is 37.8 Å². The molecule has 0 radical (unpaired) electrons. The molecule has 0 heterocycles. The lowest BCUT2D eigenvalue weighted by molar-refractivity contribution is -0.385. The Kier molecular flexibility index (Phi) is 12.5. The second-order valence-corrected chi connectivity index (χ2v) is 13.2. The summed E-state index contributed by atoms with van der Waals surface area (Å²) in [5, 5.41) is 15.1. The van der Waals surface area contributed by atoms with E-state index in [1.165, 1.54) is 56.2 Å². The molecule has 0 saturated carbocycles. The van der Waals surface area contributed by atoms with Crippen molar-refractivity contribution in [2.75, 3.05) is 24.5 Å². The van der Waals surface area contributed by atoms with Crippen LogP contribution >= 0.6 is 34.8 Å². The molecule has 1 N–H and O–H groups in total. The zero-order valence-corrected chi connectivity index (χ0v) is 28.1. The van der Waals surface area contributed by atoms with E-state index in [4.69, 9.17) is 39.5 Å². The molecule has 0 saturated heterocycles. The number of hydrogen-bond acceptors (Lipinski definition) is 7. The number of rotatable bonds is 14. The van der Waals surface area contributed by atoms with Crippen LogP contribution in [0.25, 0.3) is 0 Å². The number of carbonyl (C=O) groups excluding carboxylic acids is 2. The van der Waals surface area contributed by atoms with Crippen LogP contribution in [-0.2, 0) is 26.2 Å². The van der Waals surface area contributed by atoms with E-state index in [0.29, 0.717) is 18.5 Å². The maximum atomic E-state index is 14.2. The number of aryl methyl sites for hydroxylation is 1. The molecule has 0 bridgehead atoms. The lowest BCUT2D eigenvalue weighted by atomic mass is 10.1. The zero-order valence-electron chi connectivity index (χ0n) is 25.1. The highest BCUT2D eigenvalue weighted by Gasteiger charge is 2.35. The van der Waals surface area contributed by atoms with Gasteiger partial charge in [0.1, 0.15) is 18.3 Å². The number of hydrogen-bond donors (Lipinski definition) is 1. The van der Waals surface area contributed by atoms with Gasteiger partial charge < -0.3 is 15.0 Å². The Morgan fingerprint density at radius 3 is 2.33 bits per heavy atom. The summed E-state index contributed by atoms with van der Waals surface area (Å²) in [6.45, 7) is 4.26. The van der Waals surface area contributed by atoms with Gasteiger partial charge in [-0.1, -0.05) is 60.3 Å². The van der Waals surface area contributed by atoms with Crippen LogP contribution in [0.3, 0.4) is 0 Å². The first-order valence-electron chi connectivity index (χ1n) is 13.8. The number of carbonyl (C=O) groups is 2. The highest BCUT2D eigenvalue weighted by molar-refractivity contribution is 7.92. The quantitative estimate of drug-likeness (QED) is 0.117. The van der Waals surface area contributed by atoms with Crippen molar-refractivity contribution < 1.29 is 27.7 Å². The molecule has 1 atom stereocenters. The Balaban J connectivity index is 2.17. The summed E-state index contributed by atoms with van der Waals surface area (Å²) in [6, 6.07) is 11.3. The fraction of sp³-hybridized carbons (Fsp3) is 0.333. The fourth-order valence-electron chi connectivity index (χ4n) is 4.42. The summed E-state index contributed by atoms with van der Waals surface area (Å²) in [6.07, 6.45) is 1.55. The van der Waals surface area contributed by atoms with Gasteiger partial charge in [-0.25, -0.2) is 8.42 Å². The third kappa shape index (κ3) is 8.57. The van der Waals surface area contributed by atoms with Crippen molar-refractivity contribution in [2.45, 2.75) is 51.1 Å². The number of methoxy groups -OCH3 is 1. The third-order valence-electron chi connectivity index (χ3n) is 7.04. The fourth-order valence-corrected chi connectivity index (χ4v) is 6.54. The van der Waals surface area contributed by atoms with E-state index in [-0.39, 0.29) is 38.6 Å². The topological polar surface area (TPSA) is 139 Å². The smallest absolute Gasteiger partial charge is 0.273 e. The van der Waals surface area contributed by atoms with Crippen molar-refractivity contribution in [3.05, 3.63) is 90.9 Å². The minimum Gasteiger partial charge on any atom is -0.495 e. The van der Waals surface area contributed by atoms with Gasteiger partial charge in [0.15, 0.2) is 0 Å². The number of unbranched alkanes of at least 4 members (excludes halogenated alkanes) is 1. The van der Waals surface area contributed by atoms with E-state index < -0.39 is 49.9 Å². The Hall–Kier alpha value is -3.58. The molecule has 0 aliphatic carbocycles. The summed E-state index contributed by atoms with van der Waals surface area (Å²) in [4.78, 5) is 39.1. The summed E-state index contributed by atoms with van der Waals surface area (Å²) in [5.74, 6) is -1.20. The molecule has 1 unspecified atom stereocenters. The molecule has 0 aliphatic heterocycles. The van der Waals surface area contributed by atoms with Crippen molar-refractivity contribution in [3.63, 3.8) is 0 Å². The van der Waals surface area contributed by atoms with Crippen LogP contribution in [0.15, 0.2) is 59.5 Å². The SMILES string of the molecule is CCCCNC(=O)C(C)N(Cc1c(Cl)cccc1Cl)C(=O)CN(c1cc(Cl)ccc1OC)S(=O)(=O)c1ccc(C)c([N+](=O)[O-])c1. The molecular weight excluding hydrogens is 667 g/mol. The molecular formula is C30H33Cl3N4O7S. The highest BCUT2D eigenvalue weighted by atomic mass is 35.5. The van der Waals surface area contributed by atoms with Gasteiger partial charge in [-0.2, -0.15) is 0 Å². The summed E-state index contributed by atoms with van der Waals surface area (Å²) in [7, 11) is -3.36. The van der Waals surface area contributed by atoms with Crippen LogP contribution in [0.4, 0.5) is 11.4 Å². The number of ether oxygens (including phenoxy) is 1. The monoisotopic (exact) mass is 698 g/mol. The minimum absolute atomic E-state index is 0.0587. The number of nitrogens with one attached hydrogen (secondary N) is 1. The minimum atomic E-state index is -4.67. The first-order valence-corrected chi connectivity index (χ1v) is 16.4. The van der Waals surface area contributed by atoms with E-state index in [0.717, 1.165) is 16.8 Å². The van der Waals surface area contributed by atoms with E-state index in [1.807, 2.05) is 6.92 Å². The maximum Gasteiger partial charge on any atom is 0.273 e. The standard InChI is InChI=1S/C30H33Cl3N4O7S/c1-5-6-14-34-30(39)20(3)35(17-23-24(32)8-7-9-25(23)33)29(38)18-36(27-15-21(31)11-13-28(27)44-4)45(42,43)22-12-10-19(2)26(16-22)37(40)41/h7-13,15-16,20H,5-6,14,17-18H2,1-4H3,(H,34,39).